The van der Waals surface area contributed by atoms with Gasteiger partial charge < -0.3 is 9.84 Å². The molecule has 1 N–H and O–H groups in total. The van der Waals surface area contributed by atoms with Crippen LogP contribution in [0.4, 0.5) is 0 Å². The topological polar surface area (TPSA) is 46.5 Å². The van der Waals surface area contributed by atoms with Gasteiger partial charge in [-0.25, -0.2) is 0 Å². The zero-order valence-electron chi connectivity index (χ0n) is 35.0. The van der Waals surface area contributed by atoms with Gasteiger partial charge in [-0.05, 0) is 44.9 Å². The number of aliphatic hydroxyl groups is 1. The van der Waals surface area contributed by atoms with Crippen LogP contribution in [-0.2, 0) is 9.53 Å². The Morgan fingerprint density at radius 2 is 0.647 bits per heavy atom. The molecule has 0 radical (unpaired) electrons. The van der Waals surface area contributed by atoms with Crippen molar-refractivity contribution >= 4 is 5.97 Å². The van der Waals surface area contributed by atoms with Crippen LogP contribution in [0.15, 0.2) is 12.2 Å². The summed E-state index contributed by atoms with van der Waals surface area (Å²) in [6.07, 6.45) is 60.6. The molecular weight excluding hydrogens is 625 g/mol. The first-order chi connectivity index (χ1) is 25.3. The first kappa shape index (κ1) is 50.2. The molecule has 0 saturated carbocycles. The Hall–Kier alpha value is -0.830. The molecule has 0 rings (SSSR count). The number of unbranched alkanes of at least 4 members (excludes halogenated alkanes) is 38. The molecule has 0 spiro atoms. The lowest BCUT2D eigenvalue weighted by Gasteiger charge is -2.06. The van der Waals surface area contributed by atoms with Crippen LogP contribution in [0.1, 0.15) is 277 Å². The second-order valence-electron chi connectivity index (χ2n) is 16.2. The Morgan fingerprint density at radius 3 is 0.980 bits per heavy atom. The van der Waals surface area contributed by atoms with Crippen molar-refractivity contribution in [1.29, 1.82) is 0 Å². The Kier molecular flexibility index (Phi) is 46.4. The number of ether oxygens (including phenoxy) is 1. The van der Waals surface area contributed by atoms with Gasteiger partial charge in [0.2, 0.25) is 0 Å². The van der Waals surface area contributed by atoms with Crippen LogP contribution in [0, 0.1) is 0 Å². The molecule has 0 aromatic rings. The predicted molar refractivity (Wildman–Crippen MR) is 227 cm³/mol. The third-order valence-corrected chi connectivity index (χ3v) is 11.0. The number of carbonyl (C=O) groups excluding carboxylic acids is 1. The van der Waals surface area contributed by atoms with E-state index in [0.29, 0.717) is 19.6 Å². The first-order valence-corrected chi connectivity index (χ1v) is 23.7. The van der Waals surface area contributed by atoms with Crippen LogP contribution in [0.2, 0.25) is 0 Å². The lowest BCUT2D eigenvalue weighted by Crippen LogP contribution is -2.05. The van der Waals surface area contributed by atoms with E-state index in [1.54, 1.807) is 0 Å². The van der Waals surface area contributed by atoms with Gasteiger partial charge in [-0.2, -0.15) is 0 Å². The largest absolute Gasteiger partial charge is 0.466 e. The first-order valence-electron chi connectivity index (χ1n) is 23.7. The fraction of sp³-hybridized carbons (Fsp3) is 0.938. The molecule has 0 unspecified atom stereocenters. The van der Waals surface area contributed by atoms with Gasteiger partial charge in [-0.15, -0.1) is 0 Å². The average molecular weight is 719 g/mol. The molecule has 0 aromatic carbocycles. The fourth-order valence-corrected chi connectivity index (χ4v) is 7.41. The van der Waals surface area contributed by atoms with Gasteiger partial charge in [0.15, 0.2) is 0 Å². The number of carbonyl (C=O) groups is 1. The number of esters is 1. The van der Waals surface area contributed by atoms with E-state index in [4.69, 9.17) is 9.84 Å². The molecule has 0 aromatic heterocycles. The van der Waals surface area contributed by atoms with Gasteiger partial charge >= 0.3 is 5.97 Å². The molecule has 3 heteroatoms. The summed E-state index contributed by atoms with van der Waals surface area (Å²) >= 11 is 0. The predicted octanol–water partition coefficient (Wildman–Crippen LogP) is 16.5. The Balaban J connectivity index is 3.16. The van der Waals surface area contributed by atoms with Crippen molar-refractivity contribution in [3.8, 4) is 0 Å². The molecule has 0 aliphatic carbocycles. The van der Waals surface area contributed by atoms with E-state index in [1.807, 2.05) is 0 Å². The summed E-state index contributed by atoms with van der Waals surface area (Å²) in [5.41, 5.74) is 0. The molecule has 0 aliphatic rings. The highest BCUT2D eigenvalue weighted by Crippen LogP contribution is 2.17. The van der Waals surface area contributed by atoms with Gasteiger partial charge in [0.1, 0.15) is 0 Å². The molecule has 3 nitrogen and oxygen atoms in total. The molecule has 0 bridgehead atoms. The molecule has 0 atom stereocenters. The fourth-order valence-electron chi connectivity index (χ4n) is 7.41. The summed E-state index contributed by atoms with van der Waals surface area (Å²) in [6, 6.07) is 0. The van der Waals surface area contributed by atoms with Gasteiger partial charge in [-0.3, -0.25) is 4.79 Å². The van der Waals surface area contributed by atoms with Crippen LogP contribution < -0.4 is 0 Å². The van der Waals surface area contributed by atoms with Gasteiger partial charge in [-0.1, -0.05) is 237 Å². The number of hydrogen-bond donors (Lipinski definition) is 1. The van der Waals surface area contributed by atoms with Crippen LogP contribution in [-0.4, -0.2) is 24.3 Å². The summed E-state index contributed by atoms with van der Waals surface area (Å²) in [4.78, 5) is 12.0. The lowest BCUT2D eigenvalue weighted by atomic mass is 10.0. The quantitative estimate of drug-likeness (QED) is 0.0387. The minimum atomic E-state index is 0.0214. The van der Waals surface area contributed by atoms with Gasteiger partial charge in [0.25, 0.3) is 0 Å². The zero-order valence-corrected chi connectivity index (χ0v) is 35.0. The summed E-state index contributed by atoms with van der Waals surface area (Å²) < 4.78 is 5.48. The average Bonchev–Trinajstić information content (AvgIpc) is 3.14. The smallest absolute Gasteiger partial charge is 0.305 e. The maximum Gasteiger partial charge on any atom is 0.305 e. The summed E-state index contributed by atoms with van der Waals surface area (Å²) in [5.74, 6) is 0.0214. The van der Waals surface area contributed by atoms with Crippen molar-refractivity contribution in [2.75, 3.05) is 13.2 Å². The maximum atomic E-state index is 12.0. The van der Waals surface area contributed by atoms with E-state index in [-0.39, 0.29) is 5.97 Å². The third-order valence-electron chi connectivity index (χ3n) is 11.0. The van der Waals surface area contributed by atoms with Crippen molar-refractivity contribution in [1.82, 2.24) is 0 Å². The molecule has 0 saturated heterocycles. The van der Waals surface area contributed by atoms with E-state index < -0.39 is 0 Å². The number of aliphatic hydroxyl groups excluding tert-OH is 1. The Morgan fingerprint density at radius 1 is 0.373 bits per heavy atom. The second kappa shape index (κ2) is 47.2. The van der Waals surface area contributed by atoms with E-state index in [1.165, 1.54) is 244 Å². The monoisotopic (exact) mass is 719 g/mol. The maximum absolute atomic E-state index is 12.0. The molecule has 0 amide bonds. The zero-order chi connectivity index (χ0) is 36.8. The number of rotatable bonds is 45. The summed E-state index contributed by atoms with van der Waals surface area (Å²) in [7, 11) is 0. The summed E-state index contributed by atoms with van der Waals surface area (Å²) in [5, 5.41) is 8.81. The van der Waals surface area contributed by atoms with Crippen LogP contribution in [0.3, 0.4) is 0 Å². The van der Waals surface area contributed by atoms with E-state index >= 15 is 0 Å². The molecule has 0 aliphatic heterocycles. The molecule has 0 heterocycles. The molecular formula is C48H94O3. The highest BCUT2D eigenvalue weighted by atomic mass is 16.5. The van der Waals surface area contributed by atoms with Gasteiger partial charge in [0.05, 0.1) is 6.61 Å². The van der Waals surface area contributed by atoms with Crippen LogP contribution >= 0.6 is 0 Å². The molecule has 51 heavy (non-hydrogen) atoms. The third kappa shape index (κ3) is 47.1. The highest BCUT2D eigenvalue weighted by Gasteiger charge is 2.03. The highest BCUT2D eigenvalue weighted by molar-refractivity contribution is 5.69. The van der Waals surface area contributed by atoms with Crippen molar-refractivity contribution in [2.45, 2.75) is 277 Å². The van der Waals surface area contributed by atoms with Crippen molar-refractivity contribution < 1.29 is 14.6 Å². The summed E-state index contributed by atoms with van der Waals surface area (Å²) in [6.45, 7) is 3.28. The molecule has 304 valence electrons. The Labute approximate surface area is 321 Å². The second-order valence-corrected chi connectivity index (χ2v) is 16.2. The van der Waals surface area contributed by atoms with Crippen LogP contribution in [0.25, 0.3) is 0 Å². The van der Waals surface area contributed by atoms with Crippen LogP contribution in [0.5, 0.6) is 0 Å². The normalized spacial score (nSPS) is 11.6. The number of allylic oxidation sites excluding steroid dienone is 2. The Bertz CT molecular complexity index is 659. The standard InChI is InChI=1S/C48H94O3/c1-2-3-4-5-6-7-8-9-10-21-24-27-30-33-36-39-42-45-48(50)51-47-44-41-38-35-32-29-26-23-20-18-16-14-12-11-13-15-17-19-22-25-28-31-34-37-40-43-46-49/h9-10,49H,2-8,11-47H2,1H3. The SMILES string of the molecule is CCCCCCCCC=CCCCCCCCCCC(=O)OCCCCCCCCCCCCCCCCCCCCCCCCCCCCO. The molecule has 0 fully saturated rings. The van der Waals surface area contributed by atoms with E-state index in [2.05, 4.69) is 19.1 Å². The van der Waals surface area contributed by atoms with E-state index in [0.717, 1.165) is 19.3 Å². The van der Waals surface area contributed by atoms with Crippen molar-refractivity contribution in [3.63, 3.8) is 0 Å². The minimum absolute atomic E-state index is 0.0214. The van der Waals surface area contributed by atoms with E-state index in [9.17, 15) is 4.79 Å². The lowest BCUT2D eigenvalue weighted by molar-refractivity contribution is -0.143. The van der Waals surface area contributed by atoms with Gasteiger partial charge in [0, 0.05) is 13.0 Å². The minimum Gasteiger partial charge on any atom is -0.466 e. The number of hydrogen-bond acceptors (Lipinski definition) is 3. The van der Waals surface area contributed by atoms with Crippen molar-refractivity contribution in [2.24, 2.45) is 0 Å². The van der Waals surface area contributed by atoms with Crippen molar-refractivity contribution in [3.05, 3.63) is 12.2 Å².